The molecule has 0 saturated carbocycles. The van der Waals surface area contributed by atoms with Gasteiger partial charge in [0.2, 0.25) is 0 Å². The quantitative estimate of drug-likeness (QED) is 0.103. The molecule has 20 aromatic rings. The zero-order valence-corrected chi connectivity index (χ0v) is 64.1. The van der Waals surface area contributed by atoms with Crippen LogP contribution in [0.15, 0.2) is 473 Å². The van der Waals surface area contributed by atoms with Gasteiger partial charge in [-0.1, -0.05) is 422 Å². The lowest BCUT2D eigenvalue weighted by atomic mass is 9.84. The second-order valence-corrected chi connectivity index (χ2v) is 29.2. The predicted molar refractivity (Wildman–Crippen MR) is 513 cm³/mol. The van der Waals surface area contributed by atoms with Crippen LogP contribution in [0.1, 0.15) is 22.3 Å². The molecular formula is C115H91ClN2. The Labute approximate surface area is 700 Å². The fourth-order valence-corrected chi connectivity index (χ4v) is 16.3. The first-order chi connectivity index (χ1) is 57.0. The van der Waals surface area contributed by atoms with Gasteiger partial charge >= 0.3 is 0 Å². The molecule has 0 unspecified atom stereocenters. The molecule has 2 nitrogen and oxygen atoms in total. The molecule has 20 rings (SSSR count). The van der Waals surface area contributed by atoms with Crippen molar-refractivity contribution in [3.63, 3.8) is 0 Å². The minimum atomic E-state index is 0. The zero-order chi connectivity index (χ0) is 77.1. The molecule has 0 radical (unpaired) electrons. The lowest BCUT2D eigenvalue weighted by Crippen LogP contribution is -2.10. The van der Waals surface area contributed by atoms with Crippen molar-refractivity contribution in [2.45, 2.75) is 22.3 Å². The number of anilines is 5. The van der Waals surface area contributed by atoms with Gasteiger partial charge in [0.05, 0.1) is 0 Å². The second kappa shape index (κ2) is 36.6. The van der Waals surface area contributed by atoms with Gasteiger partial charge in [0.1, 0.15) is 0 Å². The molecule has 0 bridgehead atoms. The van der Waals surface area contributed by atoms with Crippen molar-refractivity contribution in [2.75, 3.05) is 10.2 Å². The summed E-state index contributed by atoms with van der Waals surface area (Å²) in [4.78, 5) is 2.36. The lowest BCUT2D eigenvalue weighted by Gasteiger charge is -2.26. The first-order valence-electron chi connectivity index (χ1n) is 39.2. The summed E-state index contributed by atoms with van der Waals surface area (Å²) in [5.74, 6) is 0. The maximum atomic E-state index is 6.30. The molecule has 20 aromatic carbocycles. The molecule has 0 amide bonds. The summed E-state index contributed by atoms with van der Waals surface area (Å²) >= 11 is 6.30. The van der Waals surface area contributed by atoms with Gasteiger partial charge in [0, 0.05) is 33.5 Å². The van der Waals surface area contributed by atoms with Crippen molar-refractivity contribution in [2.24, 2.45) is 0 Å². The van der Waals surface area contributed by atoms with E-state index < -0.39 is 0 Å². The first-order valence-corrected chi connectivity index (χ1v) is 39.6. The highest BCUT2D eigenvalue weighted by molar-refractivity contribution is 6.31. The minimum absolute atomic E-state index is 0. The number of hydrogen-bond acceptors (Lipinski definition) is 2. The molecular weight excluding hydrogens is 1440 g/mol. The van der Waals surface area contributed by atoms with Crippen LogP contribution in [0.25, 0.3) is 154 Å². The van der Waals surface area contributed by atoms with Crippen LogP contribution in [-0.4, -0.2) is 0 Å². The van der Waals surface area contributed by atoms with Crippen LogP contribution < -0.4 is 10.2 Å². The molecule has 1 N–H and O–H groups in total. The van der Waals surface area contributed by atoms with Crippen LogP contribution in [0.5, 0.6) is 0 Å². The zero-order valence-electron chi connectivity index (χ0n) is 63.4. The van der Waals surface area contributed by atoms with E-state index in [0.717, 1.165) is 50.1 Å². The second-order valence-electron chi connectivity index (χ2n) is 28.8. The van der Waals surface area contributed by atoms with Gasteiger partial charge in [-0.25, -0.2) is 0 Å². The number of fused-ring (bicyclic) bond motifs is 6. The van der Waals surface area contributed by atoms with Crippen LogP contribution in [-0.2, 0) is 0 Å². The maximum Gasteiger partial charge on any atom is 0.0467 e. The summed E-state index contributed by atoms with van der Waals surface area (Å²) in [6, 6.07) is 169. The van der Waals surface area contributed by atoms with E-state index >= 15 is 0 Å². The number of hydrogen-bond donors (Lipinski definition) is 1. The molecule has 0 saturated heterocycles. The average Bonchev–Trinajstić information content (AvgIpc) is 0.738. The van der Waals surface area contributed by atoms with E-state index in [1.54, 1.807) is 0 Å². The highest BCUT2D eigenvalue weighted by atomic mass is 35.5. The molecule has 0 aliphatic carbocycles. The molecule has 118 heavy (non-hydrogen) atoms. The summed E-state index contributed by atoms with van der Waals surface area (Å²) in [6.45, 7) is 0. The summed E-state index contributed by atoms with van der Waals surface area (Å²) in [5, 5.41) is 14.3. The third-order valence-electron chi connectivity index (χ3n) is 21.6. The third kappa shape index (κ3) is 16.9. The van der Waals surface area contributed by atoms with Gasteiger partial charge < -0.3 is 10.2 Å². The number of halogens is 1. The average molecular weight is 1540 g/mol. The van der Waals surface area contributed by atoms with E-state index in [-0.39, 0.29) is 22.3 Å². The Kier molecular flexibility index (Phi) is 24.4. The highest BCUT2D eigenvalue weighted by Gasteiger charge is 2.22. The summed E-state index contributed by atoms with van der Waals surface area (Å²) in [7, 11) is 0. The highest BCUT2D eigenvalue weighted by Crippen LogP contribution is 2.48. The fourth-order valence-electron chi connectivity index (χ4n) is 16.1. The number of nitrogens with zero attached hydrogens (tertiary/aromatic N) is 1. The van der Waals surface area contributed by atoms with Gasteiger partial charge in [-0.3, -0.25) is 0 Å². The van der Waals surface area contributed by atoms with Gasteiger partial charge in [-0.05, 0) is 239 Å². The molecule has 0 fully saturated rings. The third-order valence-corrected chi connectivity index (χ3v) is 21.9. The Hall–Kier alpha value is -14.7. The van der Waals surface area contributed by atoms with Gasteiger partial charge in [-0.15, -0.1) is 0 Å². The lowest BCUT2D eigenvalue weighted by molar-refractivity contribution is 1.28. The van der Waals surface area contributed by atoms with Gasteiger partial charge in [0.25, 0.3) is 0 Å². The standard InChI is InChI=1S/C56H39N.C32H21Cl.C24H19N.3CH4/c1-4-16-40(17-5-1)42-30-34-48(35-31-42)57(49-36-32-43(33-37-49)41-18-6-2-7-19-41)50-25-15-23-46(39-50)45-22-14-24-47(38-45)56-54-29-13-11-27-52(54)51-26-10-12-28-53(51)55(56)44-20-8-3-9-21-44;33-26-15-9-13-24(21-26)23-12-8-14-25(20-23)32-30-19-7-5-17-28(30)27-16-4-6-18-29(27)31(32)22-10-2-1-3-11-22;1-3-7-19(8-4-1)21-11-15-23(16-12-21)25-24-17-13-22(14-18-24)20-9-5-2-6-10-20;;;/h1-39H;1-21H;1-18,25H;3*1H4. The maximum absolute atomic E-state index is 6.30. The number of rotatable bonds is 15. The Morgan fingerprint density at radius 3 is 0.686 bits per heavy atom. The summed E-state index contributed by atoms with van der Waals surface area (Å²) in [6.07, 6.45) is 0. The Bertz CT molecular complexity index is 6570. The SMILES string of the molecule is C.C.C.Clc1cccc(-c2cccc(-c3c(-c4ccccc4)c4ccccc4c4ccccc34)c2)c1.c1ccc(-c2ccc(N(c3ccc(-c4ccccc4)cc3)c3cccc(-c4cccc(-c5c(-c6ccccc6)c6ccccc6c6ccccc56)c4)c3)cc2)cc1.c1ccc(-c2ccc(Nc3ccc(-c4ccccc4)cc3)cc2)cc1. The van der Waals surface area contributed by atoms with E-state index in [0.29, 0.717) is 0 Å². The van der Waals surface area contributed by atoms with Crippen LogP contribution in [0.2, 0.25) is 5.02 Å². The largest absolute Gasteiger partial charge is 0.356 e. The van der Waals surface area contributed by atoms with Crippen LogP contribution >= 0.6 is 11.6 Å². The van der Waals surface area contributed by atoms with Crippen molar-refractivity contribution >= 4 is 83.1 Å². The Balaban J connectivity index is 0.000000151. The van der Waals surface area contributed by atoms with Gasteiger partial charge in [0.15, 0.2) is 0 Å². The predicted octanol–water partition coefficient (Wildman–Crippen LogP) is 34.1. The molecule has 3 heteroatoms. The van der Waals surface area contributed by atoms with Crippen molar-refractivity contribution in [3.8, 4) is 111 Å². The monoisotopic (exact) mass is 1530 g/mol. The van der Waals surface area contributed by atoms with Crippen molar-refractivity contribution < 1.29 is 0 Å². The summed E-state index contributed by atoms with van der Waals surface area (Å²) in [5.41, 5.74) is 29.7. The normalized spacial score (nSPS) is 10.7. The Morgan fingerprint density at radius 1 is 0.153 bits per heavy atom. The van der Waals surface area contributed by atoms with Crippen molar-refractivity contribution in [1.29, 1.82) is 0 Å². The van der Waals surface area contributed by atoms with Crippen LogP contribution in [0, 0.1) is 0 Å². The molecule has 0 aliphatic heterocycles. The molecule has 0 spiro atoms. The van der Waals surface area contributed by atoms with E-state index in [9.17, 15) is 0 Å². The van der Waals surface area contributed by atoms with Crippen molar-refractivity contribution in [1.82, 2.24) is 0 Å². The first kappa shape index (κ1) is 78.6. The van der Waals surface area contributed by atoms with Gasteiger partial charge in [-0.2, -0.15) is 0 Å². The molecule has 0 aromatic heterocycles. The molecule has 0 atom stereocenters. The topological polar surface area (TPSA) is 15.3 Å². The molecule has 0 heterocycles. The molecule has 568 valence electrons. The van der Waals surface area contributed by atoms with E-state index in [4.69, 9.17) is 11.6 Å². The van der Waals surface area contributed by atoms with Crippen LogP contribution in [0.3, 0.4) is 0 Å². The van der Waals surface area contributed by atoms with E-state index in [1.807, 2.05) is 30.3 Å². The number of benzene rings is 20. The van der Waals surface area contributed by atoms with E-state index in [1.165, 1.54) is 138 Å². The van der Waals surface area contributed by atoms with Crippen molar-refractivity contribution in [3.05, 3.63) is 478 Å². The fraction of sp³-hybridized carbons (Fsp3) is 0.0261. The smallest absolute Gasteiger partial charge is 0.0467 e. The van der Waals surface area contributed by atoms with Crippen LogP contribution in [0.4, 0.5) is 28.4 Å². The molecule has 0 aliphatic rings. The Morgan fingerprint density at radius 2 is 0.373 bits per heavy atom. The minimum Gasteiger partial charge on any atom is -0.356 e. The number of nitrogens with one attached hydrogen (secondary N) is 1. The summed E-state index contributed by atoms with van der Waals surface area (Å²) < 4.78 is 0. The van der Waals surface area contributed by atoms with E-state index in [2.05, 4.69) is 453 Å².